The molecule has 3 rings (SSSR count). The Labute approximate surface area is 113 Å². The van der Waals surface area contributed by atoms with Crippen molar-refractivity contribution < 1.29 is 4.74 Å². The van der Waals surface area contributed by atoms with Gasteiger partial charge in [0, 0.05) is 11.9 Å². The van der Waals surface area contributed by atoms with Gasteiger partial charge in [0.05, 0.1) is 12.5 Å². The molecule has 1 aromatic heterocycles. The first-order valence-corrected chi connectivity index (χ1v) is 6.53. The minimum absolute atomic E-state index is 0.237. The fourth-order valence-corrected chi connectivity index (χ4v) is 2.22. The quantitative estimate of drug-likeness (QED) is 0.838. The zero-order chi connectivity index (χ0) is 12.9. The summed E-state index contributed by atoms with van der Waals surface area (Å²) in [6.45, 7) is 0.678. The number of ether oxygens (including phenoxy) is 1. The van der Waals surface area contributed by atoms with Crippen molar-refractivity contribution in [3.63, 3.8) is 0 Å². The number of hydrogen-bond donors (Lipinski definition) is 0. The van der Waals surface area contributed by atoms with E-state index in [1.165, 1.54) is 5.56 Å². The number of aliphatic imine (C=N–C) groups is 1. The fourth-order valence-electron chi connectivity index (χ4n) is 2.22. The summed E-state index contributed by atoms with van der Waals surface area (Å²) in [4.78, 5) is 8.92. The number of rotatable bonds is 4. The Hall–Kier alpha value is -2.16. The van der Waals surface area contributed by atoms with E-state index in [1.807, 2.05) is 24.3 Å². The molecule has 96 valence electrons. The van der Waals surface area contributed by atoms with E-state index in [1.54, 1.807) is 6.20 Å². The number of aromatic nitrogens is 1. The van der Waals surface area contributed by atoms with Crippen LogP contribution in [-0.4, -0.2) is 23.5 Å². The van der Waals surface area contributed by atoms with Crippen LogP contribution in [0.15, 0.2) is 59.7 Å². The van der Waals surface area contributed by atoms with Crippen molar-refractivity contribution in [2.75, 3.05) is 6.61 Å². The van der Waals surface area contributed by atoms with E-state index in [0.717, 1.165) is 18.0 Å². The van der Waals surface area contributed by atoms with E-state index in [-0.39, 0.29) is 6.04 Å². The molecule has 0 radical (unpaired) electrons. The van der Waals surface area contributed by atoms with Gasteiger partial charge in [-0.25, -0.2) is 4.99 Å². The lowest BCUT2D eigenvalue weighted by Crippen LogP contribution is -2.09. The first kappa shape index (κ1) is 11.9. The van der Waals surface area contributed by atoms with Crippen LogP contribution in [0.4, 0.5) is 0 Å². The average molecular weight is 252 g/mol. The van der Waals surface area contributed by atoms with Gasteiger partial charge in [-0.2, -0.15) is 0 Å². The van der Waals surface area contributed by atoms with Crippen molar-refractivity contribution >= 4 is 5.90 Å². The first-order chi connectivity index (χ1) is 9.40. The van der Waals surface area contributed by atoms with E-state index in [0.29, 0.717) is 13.0 Å². The Bertz CT molecular complexity index is 551. The van der Waals surface area contributed by atoms with E-state index >= 15 is 0 Å². The monoisotopic (exact) mass is 252 g/mol. The Morgan fingerprint density at radius 3 is 2.68 bits per heavy atom. The Morgan fingerprint density at radius 2 is 1.89 bits per heavy atom. The van der Waals surface area contributed by atoms with Gasteiger partial charge >= 0.3 is 0 Å². The summed E-state index contributed by atoms with van der Waals surface area (Å²) in [6, 6.07) is 16.5. The Balaban J connectivity index is 1.62. The highest BCUT2D eigenvalue weighted by Gasteiger charge is 2.19. The zero-order valence-corrected chi connectivity index (χ0v) is 10.7. The number of pyridine rings is 1. The minimum atomic E-state index is 0.237. The third kappa shape index (κ3) is 3.19. The molecule has 1 aliphatic rings. The summed E-state index contributed by atoms with van der Waals surface area (Å²) in [7, 11) is 0. The highest BCUT2D eigenvalue weighted by molar-refractivity contribution is 5.79. The van der Waals surface area contributed by atoms with Gasteiger partial charge in [-0.1, -0.05) is 36.4 Å². The molecule has 0 unspecified atom stereocenters. The van der Waals surface area contributed by atoms with Crippen molar-refractivity contribution in [2.45, 2.75) is 18.9 Å². The molecule has 0 saturated heterocycles. The molecule has 19 heavy (non-hydrogen) atoms. The maximum absolute atomic E-state index is 5.65. The number of hydrogen-bond acceptors (Lipinski definition) is 3. The smallest absolute Gasteiger partial charge is 0.189 e. The highest BCUT2D eigenvalue weighted by atomic mass is 16.5. The van der Waals surface area contributed by atoms with E-state index in [2.05, 4.69) is 34.2 Å². The maximum atomic E-state index is 5.65. The van der Waals surface area contributed by atoms with E-state index in [4.69, 9.17) is 4.74 Å². The highest BCUT2D eigenvalue weighted by Crippen LogP contribution is 2.13. The van der Waals surface area contributed by atoms with Gasteiger partial charge < -0.3 is 4.74 Å². The van der Waals surface area contributed by atoms with Gasteiger partial charge in [-0.05, 0) is 24.1 Å². The van der Waals surface area contributed by atoms with Crippen LogP contribution in [0.5, 0.6) is 0 Å². The molecule has 0 aliphatic carbocycles. The molecule has 0 spiro atoms. The number of nitrogens with zero attached hydrogens (tertiary/aromatic N) is 2. The average Bonchev–Trinajstić information content (AvgIpc) is 2.88. The van der Waals surface area contributed by atoms with Crippen LogP contribution in [-0.2, 0) is 17.6 Å². The van der Waals surface area contributed by atoms with Crippen molar-refractivity contribution in [2.24, 2.45) is 4.99 Å². The van der Waals surface area contributed by atoms with Crippen LogP contribution in [0.25, 0.3) is 0 Å². The summed E-state index contributed by atoms with van der Waals surface area (Å²) < 4.78 is 5.65. The predicted octanol–water partition coefficient (Wildman–Crippen LogP) is 2.66. The molecule has 1 atom stereocenters. The van der Waals surface area contributed by atoms with Crippen LogP contribution in [0.1, 0.15) is 11.3 Å². The van der Waals surface area contributed by atoms with Gasteiger partial charge in [0.2, 0.25) is 0 Å². The van der Waals surface area contributed by atoms with Crippen LogP contribution in [0.2, 0.25) is 0 Å². The fraction of sp³-hybridized carbons (Fsp3) is 0.250. The third-order valence-corrected chi connectivity index (χ3v) is 3.14. The molecule has 2 heterocycles. The predicted molar refractivity (Wildman–Crippen MR) is 75.3 cm³/mol. The summed E-state index contributed by atoms with van der Waals surface area (Å²) >= 11 is 0. The van der Waals surface area contributed by atoms with Crippen molar-refractivity contribution in [3.05, 3.63) is 66.0 Å². The topological polar surface area (TPSA) is 34.5 Å². The SMILES string of the molecule is c1ccc(C[C@H]2COC(Cc3ccccn3)=N2)cc1. The van der Waals surface area contributed by atoms with Crippen LogP contribution < -0.4 is 0 Å². The summed E-state index contributed by atoms with van der Waals surface area (Å²) in [5.74, 6) is 0.805. The largest absolute Gasteiger partial charge is 0.478 e. The zero-order valence-electron chi connectivity index (χ0n) is 10.7. The standard InChI is InChI=1S/C16H16N2O/c1-2-6-13(7-3-1)10-15-12-19-16(18-15)11-14-8-4-5-9-17-14/h1-9,15H,10-12H2/t15-/m0/s1. The Morgan fingerprint density at radius 1 is 1.05 bits per heavy atom. The van der Waals surface area contributed by atoms with Gasteiger partial charge in [0.15, 0.2) is 5.90 Å². The van der Waals surface area contributed by atoms with Gasteiger partial charge in [0.25, 0.3) is 0 Å². The molecule has 1 aromatic carbocycles. The molecular weight excluding hydrogens is 236 g/mol. The molecule has 0 fully saturated rings. The molecule has 3 heteroatoms. The minimum Gasteiger partial charge on any atom is -0.478 e. The molecule has 0 N–H and O–H groups in total. The molecule has 0 saturated carbocycles. The summed E-state index contributed by atoms with van der Waals surface area (Å²) in [5, 5.41) is 0. The molecule has 1 aliphatic heterocycles. The third-order valence-electron chi connectivity index (χ3n) is 3.14. The summed E-state index contributed by atoms with van der Waals surface area (Å²) in [5.41, 5.74) is 2.31. The lowest BCUT2D eigenvalue weighted by Gasteiger charge is -2.04. The second-order valence-electron chi connectivity index (χ2n) is 4.68. The molecule has 3 nitrogen and oxygen atoms in total. The molecule has 0 bridgehead atoms. The van der Waals surface area contributed by atoms with Gasteiger partial charge in [-0.15, -0.1) is 0 Å². The second kappa shape index (κ2) is 5.65. The van der Waals surface area contributed by atoms with E-state index < -0.39 is 0 Å². The van der Waals surface area contributed by atoms with Crippen molar-refractivity contribution in [1.29, 1.82) is 0 Å². The summed E-state index contributed by atoms with van der Waals surface area (Å²) in [6.07, 6.45) is 3.42. The maximum Gasteiger partial charge on any atom is 0.189 e. The lowest BCUT2D eigenvalue weighted by molar-refractivity contribution is 0.311. The normalized spacial score (nSPS) is 17.9. The van der Waals surface area contributed by atoms with Crippen LogP contribution >= 0.6 is 0 Å². The van der Waals surface area contributed by atoms with Gasteiger partial charge in [-0.3, -0.25) is 4.98 Å². The van der Waals surface area contributed by atoms with Crippen LogP contribution in [0, 0.1) is 0 Å². The number of benzene rings is 1. The van der Waals surface area contributed by atoms with Crippen molar-refractivity contribution in [3.8, 4) is 0 Å². The lowest BCUT2D eigenvalue weighted by atomic mass is 10.1. The van der Waals surface area contributed by atoms with Crippen molar-refractivity contribution in [1.82, 2.24) is 4.98 Å². The Kier molecular flexibility index (Phi) is 3.54. The first-order valence-electron chi connectivity index (χ1n) is 6.53. The molecular formula is C16H16N2O. The molecule has 2 aromatic rings. The van der Waals surface area contributed by atoms with Gasteiger partial charge in [0.1, 0.15) is 6.61 Å². The van der Waals surface area contributed by atoms with Crippen LogP contribution in [0.3, 0.4) is 0 Å². The molecule has 0 amide bonds. The second-order valence-corrected chi connectivity index (χ2v) is 4.68. The van der Waals surface area contributed by atoms with E-state index in [9.17, 15) is 0 Å².